The molecular weight excluding hydrogens is 338 g/mol. The fraction of sp³-hybridized carbons (Fsp3) is 0.0455. The minimum atomic E-state index is -0.186. The second-order valence-electron chi connectivity index (χ2n) is 6.00. The van der Waals surface area contributed by atoms with Crippen molar-refractivity contribution in [3.05, 3.63) is 96.1 Å². The van der Waals surface area contributed by atoms with E-state index in [-0.39, 0.29) is 5.91 Å². The van der Waals surface area contributed by atoms with Crippen molar-refractivity contribution in [2.24, 2.45) is 0 Å². The zero-order chi connectivity index (χ0) is 18.5. The molecule has 0 bridgehead atoms. The molecule has 4 rings (SSSR count). The maximum absolute atomic E-state index is 12.7. The highest BCUT2D eigenvalue weighted by atomic mass is 16.5. The first-order chi connectivity index (χ1) is 13.3. The van der Waals surface area contributed by atoms with Crippen LogP contribution in [0.1, 0.15) is 15.9 Å². The number of hydrogen-bond donors (Lipinski definition) is 1. The lowest BCUT2D eigenvalue weighted by atomic mass is 10.1. The van der Waals surface area contributed by atoms with Gasteiger partial charge in [-0.25, -0.2) is 0 Å². The smallest absolute Gasteiger partial charge is 0.259 e. The quantitative estimate of drug-likeness (QED) is 0.578. The van der Waals surface area contributed by atoms with Crippen LogP contribution < -0.4 is 5.32 Å². The van der Waals surface area contributed by atoms with E-state index in [9.17, 15) is 4.79 Å². The molecule has 27 heavy (non-hydrogen) atoms. The van der Waals surface area contributed by atoms with Gasteiger partial charge in [0.15, 0.2) is 0 Å². The van der Waals surface area contributed by atoms with Gasteiger partial charge in [0, 0.05) is 12.1 Å². The highest BCUT2D eigenvalue weighted by Gasteiger charge is 2.17. The Kier molecular flexibility index (Phi) is 4.74. The van der Waals surface area contributed by atoms with Gasteiger partial charge in [-0.15, -0.1) is 0 Å². The third-order valence-electron chi connectivity index (χ3n) is 4.16. The zero-order valence-corrected chi connectivity index (χ0v) is 14.5. The summed E-state index contributed by atoms with van der Waals surface area (Å²) in [6.07, 6.45) is 0. The van der Waals surface area contributed by atoms with Crippen LogP contribution in [-0.2, 0) is 6.54 Å². The number of nitrogens with zero attached hydrogens (tertiary/aromatic N) is 2. The molecular formula is C22H17N3O2. The predicted molar refractivity (Wildman–Crippen MR) is 103 cm³/mol. The summed E-state index contributed by atoms with van der Waals surface area (Å²) in [6, 6.07) is 26.6. The average Bonchev–Trinajstić information content (AvgIpc) is 3.23. The SMILES string of the molecule is O=C(NCc1ccccc1)c1ccccc1-c1nc(-c2ccccc2)no1. The molecule has 4 aromatic rings. The summed E-state index contributed by atoms with van der Waals surface area (Å²) >= 11 is 0. The summed E-state index contributed by atoms with van der Waals surface area (Å²) in [4.78, 5) is 17.1. The molecule has 0 atom stereocenters. The number of amides is 1. The molecule has 1 aromatic heterocycles. The number of aromatic nitrogens is 2. The molecule has 3 aromatic carbocycles. The molecule has 1 amide bonds. The summed E-state index contributed by atoms with van der Waals surface area (Å²) < 4.78 is 5.42. The summed E-state index contributed by atoms with van der Waals surface area (Å²) in [5, 5.41) is 6.97. The lowest BCUT2D eigenvalue weighted by Gasteiger charge is -2.08. The van der Waals surface area contributed by atoms with E-state index in [1.165, 1.54) is 0 Å². The van der Waals surface area contributed by atoms with E-state index >= 15 is 0 Å². The van der Waals surface area contributed by atoms with Gasteiger partial charge in [0.2, 0.25) is 5.82 Å². The van der Waals surface area contributed by atoms with Crippen LogP contribution in [0.25, 0.3) is 22.8 Å². The number of hydrogen-bond acceptors (Lipinski definition) is 4. The van der Waals surface area contributed by atoms with Gasteiger partial charge in [-0.3, -0.25) is 4.79 Å². The first kappa shape index (κ1) is 16.7. The Morgan fingerprint density at radius 1 is 0.852 bits per heavy atom. The number of nitrogens with one attached hydrogen (secondary N) is 1. The van der Waals surface area contributed by atoms with Crippen molar-refractivity contribution in [1.29, 1.82) is 0 Å². The standard InChI is InChI=1S/C22H17N3O2/c26-21(23-15-16-9-3-1-4-10-16)18-13-7-8-14-19(18)22-24-20(25-27-22)17-11-5-2-6-12-17/h1-14H,15H2,(H,23,26). The maximum Gasteiger partial charge on any atom is 0.259 e. The molecule has 5 nitrogen and oxygen atoms in total. The van der Waals surface area contributed by atoms with Crippen LogP contribution in [0.2, 0.25) is 0 Å². The van der Waals surface area contributed by atoms with Crippen molar-refractivity contribution in [1.82, 2.24) is 15.5 Å². The lowest BCUT2D eigenvalue weighted by molar-refractivity contribution is 0.0951. The Morgan fingerprint density at radius 3 is 2.30 bits per heavy atom. The normalized spacial score (nSPS) is 10.5. The van der Waals surface area contributed by atoms with E-state index in [4.69, 9.17) is 4.52 Å². The molecule has 0 unspecified atom stereocenters. The number of benzene rings is 3. The minimum Gasteiger partial charge on any atom is -0.348 e. The fourth-order valence-corrected chi connectivity index (χ4v) is 2.78. The summed E-state index contributed by atoms with van der Waals surface area (Å²) in [5.74, 6) is 0.623. The number of carbonyl (C=O) groups excluding carboxylic acids is 1. The maximum atomic E-state index is 12.7. The third-order valence-corrected chi connectivity index (χ3v) is 4.16. The summed E-state index contributed by atoms with van der Waals surface area (Å²) in [5.41, 5.74) is 3.00. The monoisotopic (exact) mass is 355 g/mol. The van der Waals surface area contributed by atoms with Crippen LogP contribution in [0.15, 0.2) is 89.5 Å². The second kappa shape index (κ2) is 7.66. The minimum absolute atomic E-state index is 0.186. The third kappa shape index (κ3) is 3.77. The van der Waals surface area contributed by atoms with Gasteiger partial charge in [0.1, 0.15) is 0 Å². The predicted octanol–water partition coefficient (Wildman–Crippen LogP) is 4.33. The molecule has 0 saturated heterocycles. The zero-order valence-electron chi connectivity index (χ0n) is 14.5. The van der Waals surface area contributed by atoms with Gasteiger partial charge >= 0.3 is 0 Å². The highest BCUT2D eigenvalue weighted by Crippen LogP contribution is 2.25. The molecule has 0 aliphatic rings. The Bertz CT molecular complexity index is 1040. The van der Waals surface area contributed by atoms with E-state index in [0.29, 0.717) is 29.4 Å². The Morgan fingerprint density at radius 2 is 1.52 bits per heavy atom. The molecule has 132 valence electrons. The first-order valence-corrected chi connectivity index (χ1v) is 8.62. The van der Waals surface area contributed by atoms with Gasteiger partial charge in [0.25, 0.3) is 11.8 Å². The van der Waals surface area contributed by atoms with Crippen molar-refractivity contribution in [3.8, 4) is 22.8 Å². The summed E-state index contributed by atoms with van der Waals surface area (Å²) in [6.45, 7) is 0.451. The summed E-state index contributed by atoms with van der Waals surface area (Å²) in [7, 11) is 0. The van der Waals surface area contributed by atoms with Crippen LogP contribution in [0.5, 0.6) is 0 Å². The fourth-order valence-electron chi connectivity index (χ4n) is 2.78. The van der Waals surface area contributed by atoms with Gasteiger partial charge < -0.3 is 9.84 Å². The van der Waals surface area contributed by atoms with Crippen molar-refractivity contribution in [3.63, 3.8) is 0 Å². The Hall–Kier alpha value is -3.73. The molecule has 0 aliphatic carbocycles. The lowest BCUT2D eigenvalue weighted by Crippen LogP contribution is -2.23. The van der Waals surface area contributed by atoms with E-state index in [1.807, 2.05) is 72.8 Å². The van der Waals surface area contributed by atoms with Crippen LogP contribution in [0.4, 0.5) is 0 Å². The van der Waals surface area contributed by atoms with Crippen molar-refractivity contribution in [2.45, 2.75) is 6.54 Å². The topological polar surface area (TPSA) is 68.0 Å². The molecule has 0 aliphatic heterocycles. The van der Waals surface area contributed by atoms with E-state index in [2.05, 4.69) is 15.5 Å². The van der Waals surface area contributed by atoms with Crippen molar-refractivity contribution >= 4 is 5.91 Å². The van der Waals surface area contributed by atoms with Crippen molar-refractivity contribution in [2.75, 3.05) is 0 Å². The molecule has 0 fully saturated rings. The highest BCUT2D eigenvalue weighted by molar-refractivity contribution is 6.00. The van der Waals surface area contributed by atoms with E-state index in [0.717, 1.165) is 11.1 Å². The largest absolute Gasteiger partial charge is 0.348 e. The molecule has 5 heteroatoms. The van der Waals surface area contributed by atoms with Crippen LogP contribution >= 0.6 is 0 Å². The molecule has 0 spiro atoms. The average molecular weight is 355 g/mol. The van der Waals surface area contributed by atoms with Gasteiger partial charge in [-0.1, -0.05) is 78.0 Å². The Balaban J connectivity index is 1.58. The Labute approximate surface area is 156 Å². The first-order valence-electron chi connectivity index (χ1n) is 8.62. The molecule has 0 radical (unpaired) electrons. The van der Waals surface area contributed by atoms with Crippen LogP contribution in [0, 0.1) is 0 Å². The van der Waals surface area contributed by atoms with Gasteiger partial charge in [0.05, 0.1) is 11.1 Å². The van der Waals surface area contributed by atoms with Gasteiger partial charge in [-0.05, 0) is 17.7 Å². The second-order valence-corrected chi connectivity index (χ2v) is 6.00. The molecule has 1 N–H and O–H groups in total. The molecule has 0 saturated carbocycles. The van der Waals surface area contributed by atoms with E-state index < -0.39 is 0 Å². The molecule has 1 heterocycles. The van der Waals surface area contributed by atoms with Crippen LogP contribution in [0.3, 0.4) is 0 Å². The van der Waals surface area contributed by atoms with Crippen molar-refractivity contribution < 1.29 is 9.32 Å². The van der Waals surface area contributed by atoms with E-state index in [1.54, 1.807) is 12.1 Å². The van der Waals surface area contributed by atoms with Crippen LogP contribution in [-0.4, -0.2) is 16.0 Å². The van der Waals surface area contributed by atoms with Gasteiger partial charge in [-0.2, -0.15) is 4.98 Å². The number of rotatable bonds is 5. The number of carbonyl (C=O) groups is 1.